The standard InChI is InChI=1S/C15H23NO3/c1-4-5-6-15(17)16-10-9-12-7-8-13(18-2)14(11-12)19-3/h7-8,11H,4-6,9-10H2,1-3H3,(H,16,17). The molecule has 1 N–H and O–H groups in total. The van der Waals surface area contributed by atoms with Crippen LogP contribution in [0.5, 0.6) is 11.5 Å². The summed E-state index contributed by atoms with van der Waals surface area (Å²) in [5.41, 5.74) is 1.12. The number of unbranched alkanes of at least 4 members (excludes halogenated alkanes) is 1. The van der Waals surface area contributed by atoms with Crippen molar-refractivity contribution in [1.29, 1.82) is 0 Å². The highest BCUT2D eigenvalue weighted by atomic mass is 16.5. The van der Waals surface area contributed by atoms with Gasteiger partial charge in [0.25, 0.3) is 0 Å². The van der Waals surface area contributed by atoms with E-state index in [1.807, 2.05) is 18.2 Å². The zero-order valence-electron chi connectivity index (χ0n) is 12.0. The van der Waals surface area contributed by atoms with Gasteiger partial charge in [0, 0.05) is 13.0 Å². The fraction of sp³-hybridized carbons (Fsp3) is 0.533. The minimum Gasteiger partial charge on any atom is -0.493 e. The molecule has 0 heterocycles. The molecule has 106 valence electrons. The van der Waals surface area contributed by atoms with E-state index >= 15 is 0 Å². The Bertz CT molecular complexity index is 404. The molecule has 0 atom stereocenters. The molecule has 0 unspecified atom stereocenters. The Morgan fingerprint density at radius 3 is 2.58 bits per heavy atom. The van der Waals surface area contributed by atoms with Gasteiger partial charge in [-0.1, -0.05) is 19.4 Å². The van der Waals surface area contributed by atoms with Crippen molar-refractivity contribution >= 4 is 5.91 Å². The van der Waals surface area contributed by atoms with Gasteiger partial charge in [-0.15, -0.1) is 0 Å². The molecule has 1 aromatic carbocycles. The number of carbonyl (C=O) groups is 1. The summed E-state index contributed by atoms with van der Waals surface area (Å²) in [6.07, 6.45) is 3.39. The van der Waals surface area contributed by atoms with E-state index < -0.39 is 0 Å². The van der Waals surface area contributed by atoms with Crippen LogP contribution in [0.4, 0.5) is 0 Å². The van der Waals surface area contributed by atoms with Crippen LogP contribution in [0.25, 0.3) is 0 Å². The topological polar surface area (TPSA) is 47.6 Å². The maximum absolute atomic E-state index is 11.5. The summed E-state index contributed by atoms with van der Waals surface area (Å²) in [4.78, 5) is 11.5. The van der Waals surface area contributed by atoms with Gasteiger partial charge in [0.15, 0.2) is 11.5 Å². The van der Waals surface area contributed by atoms with E-state index in [4.69, 9.17) is 9.47 Å². The number of rotatable bonds is 8. The summed E-state index contributed by atoms with van der Waals surface area (Å²) in [6.45, 7) is 2.73. The summed E-state index contributed by atoms with van der Waals surface area (Å²) in [5, 5.41) is 2.92. The fourth-order valence-corrected chi connectivity index (χ4v) is 1.81. The van der Waals surface area contributed by atoms with Crippen LogP contribution in [0.15, 0.2) is 18.2 Å². The third kappa shape index (κ3) is 5.20. The highest BCUT2D eigenvalue weighted by Crippen LogP contribution is 2.27. The van der Waals surface area contributed by atoms with Crippen LogP contribution in [0, 0.1) is 0 Å². The maximum Gasteiger partial charge on any atom is 0.220 e. The second-order valence-electron chi connectivity index (χ2n) is 4.39. The maximum atomic E-state index is 11.5. The normalized spacial score (nSPS) is 10.1. The Balaban J connectivity index is 2.43. The van der Waals surface area contributed by atoms with Crippen molar-refractivity contribution in [2.75, 3.05) is 20.8 Å². The lowest BCUT2D eigenvalue weighted by Crippen LogP contribution is -2.25. The van der Waals surface area contributed by atoms with E-state index in [1.54, 1.807) is 14.2 Å². The lowest BCUT2D eigenvalue weighted by Gasteiger charge is -2.10. The van der Waals surface area contributed by atoms with Crippen molar-refractivity contribution in [3.8, 4) is 11.5 Å². The molecule has 4 heteroatoms. The number of amides is 1. The molecule has 1 rings (SSSR count). The zero-order valence-corrected chi connectivity index (χ0v) is 12.0. The number of hydrogen-bond acceptors (Lipinski definition) is 3. The number of hydrogen-bond donors (Lipinski definition) is 1. The molecule has 1 amide bonds. The van der Waals surface area contributed by atoms with Gasteiger partial charge in [-0.25, -0.2) is 0 Å². The van der Waals surface area contributed by atoms with Crippen molar-refractivity contribution in [2.45, 2.75) is 32.6 Å². The number of carbonyl (C=O) groups excluding carboxylic acids is 1. The van der Waals surface area contributed by atoms with Crippen LogP contribution >= 0.6 is 0 Å². The van der Waals surface area contributed by atoms with Gasteiger partial charge in [0.05, 0.1) is 14.2 Å². The molecule has 19 heavy (non-hydrogen) atoms. The van der Waals surface area contributed by atoms with Gasteiger partial charge in [-0.2, -0.15) is 0 Å². The largest absolute Gasteiger partial charge is 0.493 e. The molecule has 0 radical (unpaired) electrons. The summed E-state index contributed by atoms with van der Waals surface area (Å²) in [6, 6.07) is 5.81. The summed E-state index contributed by atoms with van der Waals surface area (Å²) in [7, 11) is 3.24. The molecule has 4 nitrogen and oxygen atoms in total. The zero-order chi connectivity index (χ0) is 14.1. The Labute approximate surface area is 115 Å². The van der Waals surface area contributed by atoms with E-state index in [2.05, 4.69) is 12.2 Å². The lowest BCUT2D eigenvalue weighted by molar-refractivity contribution is -0.121. The van der Waals surface area contributed by atoms with E-state index in [1.165, 1.54) is 0 Å². The van der Waals surface area contributed by atoms with Gasteiger partial charge in [0.2, 0.25) is 5.91 Å². The van der Waals surface area contributed by atoms with Crippen LogP contribution < -0.4 is 14.8 Å². The summed E-state index contributed by atoms with van der Waals surface area (Å²) < 4.78 is 10.4. The van der Waals surface area contributed by atoms with Crippen LogP contribution in [0.3, 0.4) is 0 Å². The Kier molecular flexibility index (Phi) is 6.79. The van der Waals surface area contributed by atoms with E-state index in [0.717, 1.165) is 36.3 Å². The first-order valence-electron chi connectivity index (χ1n) is 6.68. The first-order valence-corrected chi connectivity index (χ1v) is 6.68. The molecule has 0 saturated carbocycles. The SMILES string of the molecule is CCCCC(=O)NCCc1ccc(OC)c(OC)c1. The highest BCUT2D eigenvalue weighted by Gasteiger charge is 2.05. The van der Waals surface area contributed by atoms with Crippen molar-refractivity contribution in [3.05, 3.63) is 23.8 Å². The molecule has 0 bridgehead atoms. The van der Waals surface area contributed by atoms with Gasteiger partial charge in [0.1, 0.15) is 0 Å². The molecule has 0 aromatic heterocycles. The second-order valence-corrected chi connectivity index (χ2v) is 4.39. The molecule has 0 spiro atoms. The van der Waals surface area contributed by atoms with Crippen molar-refractivity contribution < 1.29 is 14.3 Å². The van der Waals surface area contributed by atoms with Gasteiger partial charge in [-0.3, -0.25) is 4.79 Å². The van der Waals surface area contributed by atoms with Crippen molar-refractivity contribution in [1.82, 2.24) is 5.32 Å². The van der Waals surface area contributed by atoms with Gasteiger partial charge >= 0.3 is 0 Å². The summed E-state index contributed by atoms with van der Waals surface area (Å²) in [5.74, 6) is 1.57. The molecule has 0 aliphatic heterocycles. The number of methoxy groups -OCH3 is 2. The third-order valence-electron chi connectivity index (χ3n) is 2.94. The van der Waals surface area contributed by atoms with Gasteiger partial charge < -0.3 is 14.8 Å². The minimum absolute atomic E-state index is 0.127. The van der Waals surface area contributed by atoms with Crippen LogP contribution in [0.2, 0.25) is 0 Å². The summed E-state index contributed by atoms with van der Waals surface area (Å²) >= 11 is 0. The highest BCUT2D eigenvalue weighted by molar-refractivity contribution is 5.75. The Morgan fingerprint density at radius 2 is 1.95 bits per heavy atom. The number of ether oxygens (including phenoxy) is 2. The average molecular weight is 265 g/mol. The Morgan fingerprint density at radius 1 is 1.21 bits per heavy atom. The predicted molar refractivity (Wildman–Crippen MR) is 75.8 cm³/mol. The van der Waals surface area contributed by atoms with Crippen LogP contribution in [-0.2, 0) is 11.2 Å². The monoisotopic (exact) mass is 265 g/mol. The fourth-order valence-electron chi connectivity index (χ4n) is 1.81. The molecular formula is C15H23NO3. The Hall–Kier alpha value is -1.71. The van der Waals surface area contributed by atoms with Gasteiger partial charge in [-0.05, 0) is 30.5 Å². The quantitative estimate of drug-likeness (QED) is 0.785. The second kappa shape index (κ2) is 8.40. The van der Waals surface area contributed by atoms with Crippen molar-refractivity contribution in [2.24, 2.45) is 0 Å². The van der Waals surface area contributed by atoms with E-state index in [0.29, 0.717) is 13.0 Å². The van der Waals surface area contributed by atoms with E-state index in [9.17, 15) is 4.79 Å². The molecule has 1 aromatic rings. The first-order chi connectivity index (χ1) is 9.21. The lowest BCUT2D eigenvalue weighted by atomic mass is 10.1. The van der Waals surface area contributed by atoms with Crippen LogP contribution in [-0.4, -0.2) is 26.7 Å². The molecular weight excluding hydrogens is 242 g/mol. The first kappa shape index (κ1) is 15.3. The molecule has 0 fully saturated rings. The predicted octanol–water partition coefficient (Wildman–Crippen LogP) is 2.55. The molecule has 0 saturated heterocycles. The minimum atomic E-state index is 0.127. The van der Waals surface area contributed by atoms with Crippen molar-refractivity contribution in [3.63, 3.8) is 0 Å². The third-order valence-corrected chi connectivity index (χ3v) is 2.94. The number of benzene rings is 1. The van der Waals surface area contributed by atoms with E-state index in [-0.39, 0.29) is 5.91 Å². The van der Waals surface area contributed by atoms with Crippen LogP contribution in [0.1, 0.15) is 31.7 Å². The molecule has 0 aliphatic carbocycles. The smallest absolute Gasteiger partial charge is 0.220 e. The molecule has 0 aliphatic rings. The average Bonchev–Trinajstić information content (AvgIpc) is 2.44. The number of nitrogens with one attached hydrogen (secondary N) is 1.